The number of halogens is 3. The molecule has 0 saturated heterocycles. The van der Waals surface area contributed by atoms with Gasteiger partial charge in [-0.1, -0.05) is 72.3 Å². The van der Waals surface area contributed by atoms with Crippen LogP contribution < -0.4 is 14.4 Å². The minimum absolute atomic E-state index is 0.0133. The lowest BCUT2D eigenvalue weighted by molar-refractivity contribution is -0.139. The summed E-state index contributed by atoms with van der Waals surface area (Å²) in [6.07, 6.45) is 4.90. The molecule has 8 nitrogen and oxygen atoms in total. The molecule has 4 rings (SSSR count). The molecule has 0 aliphatic heterocycles. The summed E-state index contributed by atoms with van der Waals surface area (Å²) in [4.78, 5) is 29.1. The second-order valence-electron chi connectivity index (χ2n) is 10.6. The quantitative estimate of drug-likeness (QED) is 0.220. The van der Waals surface area contributed by atoms with Crippen LogP contribution in [0.3, 0.4) is 0 Å². The van der Waals surface area contributed by atoms with Gasteiger partial charge in [0.15, 0.2) is 0 Å². The number of rotatable bonds is 12. The molecule has 0 unspecified atom stereocenters. The van der Waals surface area contributed by atoms with Crippen molar-refractivity contribution in [2.75, 3.05) is 17.5 Å². The molecule has 0 bridgehead atoms. The van der Waals surface area contributed by atoms with E-state index in [9.17, 15) is 18.0 Å². The average molecular weight is 681 g/mol. The molecule has 3 aromatic carbocycles. The SMILES string of the molecule is CCOc1ccccc1N(CC(=O)N(Cc1c(Cl)cccc1Cl)[C@@H](C)C(=O)NC1CCCCC1)S(=O)(=O)c1ccc(Cl)cc1. The van der Waals surface area contributed by atoms with Crippen LogP contribution in [0.1, 0.15) is 51.5 Å². The van der Waals surface area contributed by atoms with Gasteiger partial charge in [-0.05, 0) is 75.2 Å². The second-order valence-corrected chi connectivity index (χ2v) is 13.7. The van der Waals surface area contributed by atoms with E-state index in [2.05, 4.69) is 5.32 Å². The Morgan fingerprint density at radius 1 is 0.932 bits per heavy atom. The molecule has 1 N–H and O–H groups in total. The molecular weight excluding hydrogens is 645 g/mol. The molecular formula is C32H36Cl3N3O5S. The number of para-hydroxylation sites is 2. The van der Waals surface area contributed by atoms with Crippen LogP contribution in [0.25, 0.3) is 0 Å². The van der Waals surface area contributed by atoms with Crippen molar-refractivity contribution in [3.8, 4) is 5.75 Å². The zero-order chi connectivity index (χ0) is 31.9. The highest BCUT2D eigenvalue weighted by Crippen LogP contribution is 2.34. The van der Waals surface area contributed by atoms with Gasteiger partial charge in [0.05, 0.1) is 17.2 Å². The summed E-state index contributed by atoms with van der Waals surface area (Å²) < 4.78 is 35.0. The van der Waals surface area contributed by atoms with E-state index in [1.165, 1.54) is 29.2 Å². The number of carbonyl (C=O) groups excluding carboxylic acids is 2. The maximum absolute atomic E-state index is 14.3. The maximum atomic E-state index is 14.3. The fourth-order valence-electron chi connectivity index (χ4n) is 5.19. The van der Waals surface area contributed by atoms with E-state index in [-0.39, 0.29) is 41.4 Å². The molecule has 0 radical (unpaired) electrons. The van der Waals surface area contributed by atoms with E-state index in [0.29, 0.717) is 20.6 Å². The smallest absolute Gasteiger partial charge is 0.264 e. The Morgan fingerprint density at radius 2 is 1.57 bits per heavy atom. The third-order valence-electron chi connectivity index (χ3n) is 7.62. The molecule has 44 heavy (non-hydrogen) atoms. The second kappa shape index (κ2) is 15.3. The third kappa shape index (κ3) is 8.18. The van der Waals surface area contributed by atoms with Crippen LogP contribution in [0.15, 0.2) is 71.6 Å². The molecule has 236 valence electrons. The van der Waals surface area contributed by atoms with Gasteiger partial charge in [0.2, 0.25) is 11.8 Å². The number of carbonyl (C=O) groups is 2. The monoisotopic (exact) mass is 679 g/mol. The number of sulfonamides is 1. The highest BCUT2D eigenvalue weighted by atomic mass is 35.5. The van der Waals surface area contributed by atoms with Crippen molar-refractivity contribution in [1.82, 2.24) is 10.2 Å². The Kier molecular flexibility index (Phi) is 11.8. The van der Waals surface area contributed by atoms with Gasteiger partial charge in [0, 0.05) is 33.2 Å². The van der Waals surface area contributed by atoms with Crippen molar-refractivity contribution in [3.63, 3.8) is 0 Å². The number of anilines is 1. The van der Waals surface area contributed by atoms with E-state index >= 15 is 0 Å². The first-order valence-corrected chi connectivity index (χ1v) is 17.1. The lowest BCUT2D eigenvalue weighted by Gasteiger charge is -2.34. The zero-order valence-electron chi connectivity index (χ0n) is 24.6. The van der Waals surface area contributed by atoms with Crippen LogP contribution in [0.4, 0.5) is 5.69 Å². The van der Waals surface area contributed by atoms with Crippen molar-refractivity contribution in [1.29, 1.82) is 0 Å². The molecule has 1 atom stereocenters. The number of nitrogens with one attached hydrogen (secondary N) is 1. The summed E-state index contributed by atoms with van der Waals surface area (Å²) >= 11 is 19.0. The Bertz CT molecular complexity index is 1540. The molecule has 1 aliphatic rings. The standard InChI is InChI=1S/C32H36Cl3N3O5S/c1-3-43-30-15-8-7-14-29(30)38(44(41,42)25-18-16-23(33)17-19-25)21-31(39)37(20-26-27(34)12-9-13-28(26)35)22(2)32(40)36-24-10-5-4-6-11-24/h7-9,12-19,22,24H,3-6,10-11,20-21H2,1-2H3,(H,36,40)/t22-/m0/s1. The first-order chi connectivity index (χ1) is 21.0. The van der Waals surface area contributed by atoms with Crippen LogP contribution in [-0.4, -0.2) is 50.4 Å². The number of hydrogen-bond acceptors (Lipinski definition) is 5. The van der Waals surface area contributed by atoms with Crippen LogP contribution in [0.5, 0.6) is 5.75 Å². The summed E-state index contributed by atoms with van der Waals surface area (Å²) in [5.41, 5.74) is 0.621. The van der Waals surface area contributed by atoms with Gasteiger partial charge in [-0.25, -0.2) is 8.42 Å². The fourth-order valence-corrected chi connectivity index (χ4v) is 7.26. The zero-order valence-corrected chi connectivity index (χ0v) is 27.7. The van der Waals surface area contributed by atoms with Gasteiger partial charge in [-0.15, -0.1) is 0 Å². The topological polar surface area (TPSA) is 96.0 Å². The predicted molar refractivity (Wildman–Crippen MR) is 175 cm³/mol. The van der Waals surface area contributed by atoms with Crippen molar-refractivity contribution >= 4 is 62.3 Å². The van der Waals surface area contributed by atoms with Gasteiger partial charge in [0.1, 0.15) is 18.3 Å². The Balaban J connectivity index is 1.75. The molecule has 1 saturated carbocycles. The molecule has 12 heteroatoms. The lowest BCUT2D eigenvalue weighted by atomic mass is 9.95. The Morgan fingerprint density at radius 3 is 2.20 bits per heavy atom. The molecule has 1 fully saturated rings. The summed E-state index contributed by atoms with van der Waals surface area (Å²) in [6.45, 7) is 2.93. The first kappa shape index (κ1) is 33.9. The minimum atomic E-state index is -4.30. The van der Waals surface area contributed by atoms with Crippen molar-refractivity contribution in [3.05, 3.63) is 87.4 Å². The third-order valence-corrected chi connectivity index (χ3v) is 10.4. The van der Waals surface area contributed by atoms with Gasteiger partial charge in [-0.2, -0.15) is 0 Å². The summed E-state index contributed by atoms with van der Waals surface area (Å²) in [5, 5.41) is 4.08. The first-order valence-electron chi connectivity index (χ1n) is 14.6. The normalized spacial score (nSPS) is 14.5. The van der Waals surface area contributed by atoms with Crippen LogP contribution >= 0.6 is 34.8 Å². The van der Waals surface area contributed by atoms with E-state index in [0.717, 1.165) is 36.4 Å². The Labute approximate surface area is 274 Å². The van der Waals surface area contributed by atoms with Crippen LogP contribution in [0, 0.1) is 0 Å². The number of ether oxygens (including phenoxy) is 1. The molecule has 0 spiro atoms. The van der Waals surface area contributed by atoms with E-state index in [1.54, 1.807) is 56.3 Å². The summed E-state index contributed by atoms with van der Waals surface area (Å²) in [7, 11) is -4.30. The molecule has 1 aliphatic carbocycles. The van der Waals surface area contributed by atoms with E-state index in [4.69, 9.17) is 39.5 Å². The number of hydrogen-bond donors (Lipinski definition) is 1. The molecule has 2 amide bonds. The highest BCUT2D eigenvalue weighted by Gasteiger charge is 2.35. The van der Waals surface area contributed by atoms with E-state index < -0.39 is 28.5 Å². The molecule has 0 heterocycles. The average Bonchev–Trinajstić information content (AvgIpc) is 3.00. The van der Waals surface area contributed by atoms with Crippen molar-refractivity contribution in [2.24, 2.45) is 0 Å². The maximum Gasteiger partial charge on any atom is 0.264 e. The summed E-state index contributed by atoms with van der Waals surface area (Å²) in [6, 6.07) is 16.3. The lowest BCUT2D eigenvalue weighted by Crippen LogP contribution is -2.53. The molecule has 0 aromatic heterocycles. The minimum Gasteiger partial charge on any atom is -0.492 e. The predicted octanol–water partition coefficient (Wildman–Crippen LogP) is 7.11. The van der Waals surface area contributed by atoms with Gasteiger partial charge < -0.3 is 15.0 Å². The molecule has 3 aromatic rings. The van der Waals surface area contributed by atoms with Crippen molar-refractivity contribution < 1.29 is 22.7 Å². The van der Waals surface area contributed by atoms with Gasteiger partial charge in [-0.3, -0.25) is 13.9 Å². The van der Waals surface area contributed by atoms with Gasteiger partial charge in [0.25, 0.3) is 10.0 Å². The number of nitrogens with zero attached hydrogens (tertiary/aromatic N) is 2. The van der Waals surface area contributed by atoms with Crippen molar-refractivity contribution in [2.45, 2.75) is 69.5 Å². The number of benzene rings is 3. The number of amides is 2. The van der Waals surface area contributed by atoms with Gasteiger partial charge >= 0.3 is 0 Å². The summed E-state index contributed by atoms with van der Waals surface area (Å²) in [5.74, 6) is -0.685. The largest absolute Gasteiger partial charge is 0.492 e. The highest BCUT2D eigenvalue weighted by molar-refractivity contribution is 7.92. The Hall–Kier alpha value is -2.98. The fraction of sp³-hybridized carbons (Fsp3) is 0.375. The van der Waals surface area contributed by atoms with Crippen LogP contribution in [-0.2, 0) is 26.2 Å². The van der Waals surface area contributed by atoms with E-state index in [1.807, 2.05) is 0 Å². The van der Waals surface area contributed by atoms with Crippen LogP contribution in [0.2, 0.25) is 15.1 Å².